The number of halogens is 1. The minimum atomic E-state index is -0.467. The van der Waals surface area contributed by atoms with Crippen molar-refractivity contribution in [3.05, 3.63) is 152 Å². The number of benzene rings is 5. The van der Waals surface area contributed by atoms with Crippen LogP contribution in [0.5, 0.6) is 0 Å². The van der Waals surface area contributed by atoms with Crippen LogP contribution in [0, 0.1) is 6.92 Å². The molecule has 0 amide bonds. The second kappa shape index (κ2) is 17.3. The zero-order valence-corrected chi connectivity index (χ0v) is 39.1. The molecule has 0 saturated carbocycles. The quantitative estimate of drug-likeness (QED) is 0.0852. The smallest absolute Gasteiger partial charge is 0.0654 e. The molecule has 0 saturated heterocycles. The molecule has 1 heteroatoms. The number of aryl methyl sites for hydroxylation is 1. The van der Waals surface area contributed by atoms with Crippen LogP contribution in [0.4, 0.5) is 0 Å². The zero-order chi connectivity index (χ0) is 41.3. The third-order valence-corrected chi connectivity index (χ3v) is 14.5. The molecule has 58 heavy (non-hydrogen) atoms. The van der Waals surface area contributed by atoms with Crippen LogP contribution in [0.25, 0.3) is 22.3 Å². The minimum Gasteiger partial charge on any atom is -0.0654 e. The van der Waals surface area contributed by atoms with Crippen LogP contribution in [0.2, 0.25) is 0 Å². The topological polar surface area (TPSA) is 0 Å². The maximum absolute atomic E-state index is 3.98. The Kier molecular flexibility index (Phi) is 12.7. The minimum absolute atomic E-state index is 0.0325. The van der Waals surface area contributed by atoms with Crippen LogP contribution in [0.3, 0.4) is 0 Å². The summed E-state index contributed by atoms with van der Waals surface area (Å²) in [5, 5.41) is 0. The average Bonchev–Trinajstić information content (AvgIpc) is 3.62. The lowest BCUT2D eigenvalue weighted by atomic mass is 9.66. The molecule has 0 nitrogen and oxygen atoms in total. The molecule has 2 aliphatic carbocycles. The van der Waals surface area contributed by atoms with Crippen LogP contribution < -0.4 is 0 Å². The highest BCUT2D eigenvalue weighted by Crippen LogP contribution is 2.62. The predicted octanol–water partition coefficient (Wildman–Crippen LogP) is 17.5. The van der Waals surface area contributed by atoms with Crippen molar-refractivity contribution < 1.29 is 0 Å². The molecule has 0 aromatic heterocycles. The number of hydrogen-bond donors (Lipinski definition) is 0. The lowest BCUT2D eigenvalue weighted by Gasteiger charge is -2.36. The summed E-state index contributed by atoms with van der Waals surface area (Å²) in [6, 6.07) is 39.3. The average molecular weight is 836 g/mol. The largest absolute Gasteiger partial charge is 0.0714 e. The van der Waals surface area contributed by atoms with Gasteiger partial charge in [0.25, 0.3) is 0 Å². The molecule has 0 heterocycles. The van der Waals surface area contributed by atoms with Gasteiger partial charge in [0.1, 0.15) is 0 Å². The standard InChI is InChI=1S/C57H71Br/c1-10-12-14-16-18-20-34-56(35-21-19-17-15-13-11-2)50-36-40(3)22-32-46(50)48-39-53-49(38-51(48)56)47-33-31-45(58)37-52(47)57(53,43-27-23-41(24-28-43)54(4,5)6)44-29-25-42(26-30-44)55(7,8)9/h22-33,36-39H,10-21,34-35H2,1-9H3. The van der Waals surface area contributed by atoms with E-state index in [1.165, 1.54) is 151 Å². The van der Waals surface area contributed by atoms with Gasteiger partial charge in [-0.2, -0.15) is 0 Å². The van der Waals surface area contributed by atoms with E-state index in [4.69, 9.17) is 0 Å². The van der Waals surface area contributed by atoms with Crippen molar-refractivity contribution in [2.75, 3.05) is 0 Å². The van der Waals surface area contributed by atoms with E-state index in [9.17, 15) is 0 Å². The lowest BCUT2D eigenvalue weighted by Crippen LogP contribution is -2.29. The molecule has 0 N–H and O–H groups in total. The fourth-order valence-electron chi connectivity index (χ4n) is 10.7. The molecule has 0 fully saturated rings. The maximum atomic E-state index is 3.98. The lowest BCUT2D eigenvalue weighted by molar-refractivity contribution is 0.397. The monoisotopic (exact) mass is 834 g/mol. The molecular weight excluding hydrogens is 765 g/mol. The summed E-state index contributed by atoms with van der Waals surface area (Å²) in [5.74, 6) is 0. The third kappa shape index (κ3) is 7.96. The summed E-state index contributed by atoms with van der Waals surface area (Å²) in [7, 11) is 0. The van der Waals surface area contributed by atoms with Gasteiger partial charge < -0.3 is 0 Å². The third-order valence-electron chi connectivity index (χ3n) is 14.0. The molecule has 0 atom stereocenters. The molecule has 0 bridgehead atoms. The van der Waals surface area contributed by atoms with Crippen LogP contribution in [-0.4, -0.2) is 0 Å². The SMILES string of the molecule is CCCCCCCCC1(CCCCCCCC)c2cc(C)ccc2-c2cc3c(cc21)-c1ccc(Br)cc1C3(c1ccc(C(C)(C)C)cc1)c1ccc(C(C)(C)C)cc1. The van der Waals surface area contributed by atoms with Gasteiger partial charge in [-0.05, 0) is 122 Å². The van der Waals surface area contributed by atoms with Gasteiger partial charge in [0.05, 0.1) is 5.41 Å². The summed E-state index contributed by atoms with van der Waals surface area (Å²) in [6.07, 6.45) is 18.4. The van der Waals surface area contributed by atoms with E-state index in [-0.39, 0.29) is 16.2 Å². The van der Waals surface area contributed by atoms with Crippen molar-refractivity contribution in [2.45, 2.75) is 174 Å². The molecule has 306 valence electrons. The fourth-order valence-corrected chi connectivity index (χ4v) is 11.1. The number of fused-ring (bicyclic) bond motifs is 6. The summed E-state index contributed by atoms with van der Waals surface area (Å²) in [6.45, 7) is 20.9. The predicted molar refractivity (Wildman–Crippen MR) is 256 cm³/mol. The van der Waals surface area contributed by atoms with Crippen LogP contribution in [-0.2, 0) is 21.7 Å². The van der Waals surface area contributed by atoms with E-state index in [1.54, 1.807) is 11.1 Å². The van der Waals surface area contributed by atoms with E-state index in [1.807, 2.05) is 0 Å². The van der Waals surface area contributed by atoms with Crippen molar-refractivity contribution in [1.29, 1.82) is 0 Å². The van der Waals surface area contributed by atoms with Gasteiger partial charge in [-0.25, -0.2) is 0 Å². The Hall–Kier alpha value is -3.42. The van der Waals surface area contributed by atoms with Gasteiger partial charge in [0.15, 0.2) is 0 Å². The van der Waals surface area contributed by atoms with Crippen LogP contribution in [0.1, 0.15) is 195 Å². The molecule has 0 radical (unpaired) electrons. The summed E-state index contributed by atoms with van der Waals surface area (Å²) in [4.78, 5) is 0. The van der Waals surface area contributed by atoms with Crippen molar-refractivity contribution in [2.24, 2.45) is 0 Å². The zero-order valence-electron chi connectivity index (χ0n) is 37.5. The first kappa shape index (κ1) is 42.7. The molecule has 2 aliphatic rings. The Balaban J connectivity index is 1.48. The summed E-state index contributed by atoms with van der Waals surface area (Å²) < 4.78 is 1.13. The molecule has 0 aliphatic heterocycles. The van der Waals surface area contributed by atoms with Gasteiger partial charge in [0.2, 0.25) is 0 Å². The number of hydrogen-bond acceptors (Lipinski definition) is 0. The normalized spacial score (nSPS) is 14.9. The second-order valence-corrected chi connectivity index (χ2v) is 21.1. The molecule has 5 aromatic carbocycles. The van der Waals surface area contributed by atoms with Crippen molar-refractivity contribution in [1.82, 2.24) is 0 Å². The summed E-state index contributed by atoms with van der Waals surface area (Å²) >= 11 is 3.98. The molecule has 0 unspecified atom stereocenters. The van der Waals surface area contributed by atoms with Gasteiger partial charge in [0, 0.05) is 9.89 Å². The first-order chi connectivity index (χ1) is 27.8. The van der Waals surface area contributed by atoms with E-state index in [0.29, 0.717) is 0 Å². The highest BCUT2D eigenvalue weighted by atomic mass is 79.9. The highest BCUT2D eigenvalue weighted by molar-refractivity contribution is 9.10. The summed E-state index contributed by atoms with van der Waals surface area (Å²) in [5.41, 5.74) is 18.3. The van der Waals surface area contributed by atoms with E-state index in [2.05, 4.69) is 175 Å². The Morgan fingerprint density at radius 2 is 0.845 bits per heavy atom. The van der Waals surface area contributed by atoms with Crippen LogP contribution in [0.15, 0.2) is 102 Å². The highest BCUT2D eigenvalue weighted by Gasteiger charge is 2.50. The Morgan fingerprint density at radius 1 is 0.431 bits per heavy atom. The first-order valence-corrected chi connectivity index (χ1v) is 23.9. The Bertz CT molecular complexity index is 2110. The van der Waals surface area contributed by atoms with Gasteiger partial charge >= 0.3 is 0 Å². The maximum Gasteiger partial charge on any atom is 0.0714 e. The second-order valence-electron chi connectivity index (χ2n) is 20.2. The van der Waals surface area contributed by atoms with Crippen molar-refractivity contribution in [3.63, 3.8) is 0 Å². The van der Waals surface area contributed by atoms with Gasteiger partial charge in [-0.15, -0.1) is 0 Å². The van der Waals surface area contributed by atoms with Crippen LogP contribution >= 0.6 is 15.9 Å². The first-order valence-electron chi connectivity index (χ1n) is 23.1. The van der Waals surface area contributed by atoms with Gasteiger partial charge in [-0.3, -0.25) is 0 Å². The number of unbranched alkanes of at least 4 members (excludes halogenated alkanes) is 10. The molecule has 0 spiro atoms. The van der Waals surface area contributed by atoms with Crippen molar-refractivity contribution >= 4 is 15.9 Å². The van der Waals surface area contributed by atoms with E-state index >= 15 is 0 Å². The van der Waals surface area contributed by atoms with E-state index in [0.717, 1.165) is 4.47 Å². The molecule has 7 rings (SSSR count). The molecular formula is C57H71Br. The Labute approximate surface area is 361 Å². The fraction of sp³-hybridized carbons (Fsp3) is 0.474. The van der Waals surface area contributed by atoms with Gasteiger partial charge in [-0.1, -0.05) is 227 Å². The van der Waals surface area contributed by atoms with Crippen molar-refractivity contribution in [3.8, 4) is 22.3 Å². The Morgan fingerprint density at radius 3 is 1.36 bits per heavy atom. The van der Waals surface area contributed by atoms with E-state index < -0.39 is 5.41 Å². The number of rotatable bonds is 16. The molecule has 5 aromatic rings.